The third-order valence-electron chi connectivity index (χ3n) is 3.70. The Morgan fingerprint density at radius 1 is 1.00 bits per heavy atom. The number of hydrogen-bond donors (Lipinski definition) is 0. The number of hydrogen-bond acceptors (Lipinski definition) is 4. The van der Waals surface area contributed by atoms with Crippen molar-refractivity contribution in [3.63, 3.8) is 0 Å². The number of nitrogens with zero attached hydrogens (tertiary/aromatic N) is 3. The molecule has 2 heterocycles. The van der Waals surface area contributed by atoms with Crippen LogP contribution >= 0.6 is 15.9 Å². The van der Waals surface area contributed by atoms with Crippen LogP contribution in [0.2, 0.25) is 0 Å². The van der Waals surface area contributed by atoms with Gasteiger partial charge in [0.05, 0.1) is 4.90 Å². The molecule has 0 radical (unpaired) electrons. The van der Waals surface area contributed by atoms with Crippen LogP contribution in [0.25, 0.3) is 0 Å². The van der Waals surface area contributed by atoms with Gasteiger partial charge in [-0.25, -0.2) is 8.42 Å². The van der Waals surface area contributed by atoms with E-state index in [1.807, 2.05) is 18.2 Å². The molecule has 3 rings (SSSR count). The molecule has 22 heavy (non-hydrogen) atoms. The van der Waals surface area contributed by atoms with E-state index >= 15 is 0 Å². The number of sulfonamides is 1. The second-order valence-electron chi connectivity index (χ2n) is 5.05. The quantitative estimate of drug-likeness (QED) is 0.818. The number of piperazine rings is 1. The lowest BCUT2D eigenvalue weighted by Crippen LogP contribution is -2.48. The zero-order valence-electron chi connectivity index (χ0n) is 11.9. The summed E-state index contributed by atoms with van der Waals surface area (Å²) in [5.41, 5.74) is 1.08. The Morgan fingerprint density at radius 3 is 2.32 bits per heavy atom. The summed E-state index contributed by atoms with van der Waals surface area (Å²) < 4.78 is 27.6. The molecule has 0 saturated carbocycles. The summed E-state index contributed by atoms with van der Waals surface area (Å²) in [6, 6.07) is 10.7. The van der Waals surface area contributed by atoms with Crippen molar-refractivity contribution < 1.29 is 8.42 Å². The maximum Gasteiger partial charge on any atom is 0.243 e. The average molecular weight is 382 g/mol. The summed E-state index contributed by atoms with van der Waals surface area (Å²) in [6.07, 6.45) is 3.50. The van der Waals surface area contributed by atoms with Crippen LogP contribution in [0.3, 0.4) is 0 Å². The normalized spacial score (nSPS) is 16.7. The molecule has 5 nitrogen and oxygen atoms in total. The first-order chi connectivity index (χ1) is 10.6. The molecule has 0 amide bonds. The van der Waals surface area contributed by atoms with Crippen LogP contribution in [0.5, 0.6) is 0 Å². The van der Waals surface area contributed by atoms with Crippen LogP contribution in [0.15, 0.2) is 58.2 Å². The summed E-state index contributed by atoms with van der Waals surface area (Å²) in [7, 11) is -3.43. The van der Waals surface area contributed by atoms with Crippen molar-refractivity contribution in [2.75, 3.05) is 31.1 Å². The number of aromatic nitrogens is 1. The van der Waals surface area contributed by atoms with Gasteiger partial charge in [-0.15, -0.1) is 0 Å². The fourth-order valence-electron chi connectivity index (χ4n) is 2.52. The third kappa shape index (κ3) is 3.16. The van der Waals surface area contributed by atoms with E-state index in [1.165, 1.54) is 0 Å². The smallest absolute Gasteiger partial charge is 0.243 e. The van der Waals surface area contributed by atoms with Gasteiger partial charge in [-0.05, 0) is 30.3 Å². The van der Waals surface area contributed by atoms with Crippen LogP contribution in [0, 0.1) is 0 Å². The average Bonchev–Trinajstić information content (AvgIpc) is 2.56. The predicted octanol–water partition coefficient (Wildman–Crippen LogP) is 2.36. The monoisotopic (exact) mass is 381 g/mol. The Morgan fingerprint density at radius 2 is 1.68 bits per heavy atom. The molecule has 0 unspecified atom stereocenters. The fourth-order valence-corrected chi connectivity index (χ4v) is 4.54. The Labute approximate surface area is 138 Å². The van der Waals surface area contributed by atoms with Gasteiger partial charge < -0.3 is 4.90 Å². The molecule has 7 heteroatoms. The van der Waals surface area contributed by atoms with Crippen LogP contribution < -0.4 is 4.90 Å². The second-order valence-corrected chi connectivity index (χ2v) is 7.91. The van der Waals surface area contributed by atoms with Crippen LogP contribution in [-0.2, 0) is 10.0 Å². The third-order valence-corrected chi connectivity index (χ3v) is 6.09. The minimum atomic E-state index is -3.43. The van der Waals surface area contributed by atoms with Crippen molar-refractivity contribution in [1.82, 2.24) is 9.29 Å². The van der Waals surface area contributed by atoms with Gasteiger partial charge in [-0.2, -0.15) is 4.31 Å². The molecule has 116 valence electrons. The van der Waals surface area contributed by atoms with Crippen molar-refractivity contribution >= 4 is 31.6 Å². The van der Waals surface area contributed by atoms with Gasteiger partial charge in [-0.3, -0.25) is 4.98 Å². The highest BCUT2D eigenvalue weighted by molar-refractivity contribution is 9.10. The molecular formula is C15H16BrN3O2S. The van der Waals surface area contributed by atoms with E-state index in [4.69, 9.17) is 0 Å². The Hall–Kier alpha value is -1.44. The Kier molecular flexibility index (Phi) is 4.46. The minimum absolute atomic E-state index is 0.333. The van der Waals surface area contributed by atoms with Crippen molar-refractivity contribution in [3.8, 4) is 0 Å². The van der Waals surface area contributed by atoms with Crippen LogP contribution in [0.4, 0.5) is 5.69 Å². The highest BCUT2D eigenvalue weighted by Gasteiger charge is 2.28. The van der Waals surface area contributed by atoms with E-state index in [2.05, 4.69) is 25.8 Å². The summed E-state index contributed by atoms with van der Waals surface area (Å²) in [5.74, 6) is 0. The van der Waals surface area contributed by atoms with E-state index in [9.17, 15) is 8.42 Å². The molecule has 1 aromatic carbocycles. The molecule has 1 aliphatic heterocycles. The van der Waals surface area contributed by atoms with Gasteiger partial charge in [0, 0.05) is 48.7 Å². The predicted molar refractivity (Wildman–Crippen MR) is 89.4 cm³/mol. The van der Waals surface area contributed by atoms with Gasteiger partial charge in [0.25, 0.3) is 0 Å². The molecule has 0 atom stereocenters. The van der Waals surface area contributed by atoms with Gasteiger partial charge in [0.2, 0.25) is 10.0 Å². The molecule has 2 aromatic rings. The maximum absolute atomic E-state index is 12.7. The van der Waals surface area contributed by atoms with E-state index in [1.54, 1.807) is 34.9 Å². The second kappa shape index (κ2) is 6.36. The first kappa shape index (κ1) is 15.5. The van der Waals surface area contributed by atoms with E-state index in [-0.39, 0.29) is 0 Å². The molecular weight excluding hydrogens is 366 g/mol. The largest absolute Gasteiger partial charge is 0.369 e. The highest BCUT2D eigenvalue weighted by atomic mass is 79.9. The number of anilines is 1. The Bertz CT molecular complexity index is 744. The van der Waals surface area contributed by atoms with Crippen molar-refractivity contribution in [2.45, 2.75) is 4.90 Å². The topological polar surface area (TPSA) is 53.5 Å². The van der Waals surface area contributed by atoms with Crippen molar-refractivity contribution in [2.24, 2.45) is 0 Å². The molecule has 1 aliphatic rings. The Balaban J connectivity index is 1.73. The summed E-state index contributed by atoms with van der Waals surface area (Å²) >= 11 is 3.32. The van der Waals surface area contributed by atoms with Gasteiger partial charge in [-0.1, -0.05) is 22.0 Å². The molecule has 0 bridgehead atoms. The lowest BCUT2D eigenvalue weighted by molar-refractivity contribution is 0.385. The van der Waals surface area contributed by atoms with E-state index < -0.39 is 10.0 Å². The molecule has 0 N–H and O–H groups in total. The van der Waals surface area contributed by atoms with Crippen LogP contribution in [-0.4, -0.2) is 43.9 Å². The fraction of sp³-hybridized carbons (Fsp3) is 0.267. The zero-order chi connectivity index (χ0) is 15.6. The number of rotatable bonds is 3. The van der Waals surface area contributed by atoms with Gasteiger partial charge >= 0.3 is 0 Å². The first-order valence-electron chi connectivity index (χ1n) is 6.98. The SMILES string of the molecule is O=S(=O)(c1cccc(Br)c1)N1CCN(c2ccncc2)CC1. The number of pyridine rings is 1. The molecule has 0 aliphatic carbocycles. The zero-order valence-corrected chi connectivity index (χ0v) is 14.3. The van der Waals surface area contributed by atoms with Crippen molar-refractivity contribution in [1.29, 1.82) is 0 Å². The number of halogens is 1. The molecule has 1 fully saturated rings. The summed E-state index contributed by atoms with van der Waals surface area (Å²) in [5, 5.41) is 0. The molecule has 1 aromatic heterocycles. The first-order valence-corrected chi connectivity index (χ1v) is 9.21. The summed E-state index contributed by atoms with van der Waals surface area (Å²) in [4.78, 5) is 6.51. The lowest BCUT2D eigenvalue weighted by atomic mass is 10.3. The van der Waals surface area contributed by atoms with E-state index in [0.717, 1.165) is 10.2 Å². The van der Waals surface area contributed by atoms with Gasteiger partial charge in [0.1, 0.15) is 0 Å². The van der Waals surface area contributed by atoms with Crippen molar-refractivity contribution in [3.05, 3.63) is 53.3 Å². The van der Waals surface area contributed by atoms with E-state index in [0.29, 0.717) is 31.1 Å². The lowest BCUT2D eigenvalue weighted by Gasteiger charge is -2.35. The maximum atomic E-state index is 12.7. The number of benzene rings is 1. The molecule has 0 spiro atoms. The standard InChI is InChI=1S/C15H16BrN3O2S/c16-13-2-1-3-15(12-13)22(20,21)19-10-8-18(9-11-19)14-4-6-17-7-5-14/h1-7,12H,8-11H2. The highest BCUT2D eigenvalue weighted by Crippen LogP contribution is 2.22. The molecule has 1 saturated heterocycles. The van der Waals surface area contributed by atoms with Crippen LogP contribution in [0.1, 0.15) is 0 Å². The minimum Gasteiger partial charge on any atom is -0.369 e. The summed E-state index contributed by atoms with van der Waals surface area (Å²) in [6.45, 7) is 2.32. The van der Waals surface area contributed by atoms with Gasteiger partial charge in [0.15, 0.2) is 0 Å².